The molecule has 6 rings (SSSR count). The van der Waals surface area contributed by atoms with Gasteiger partial charge in [-0.1, -0.05) is 36.4 Å². The zero-order valence-electron chi connectivity index (χ0n) is 19.0. The van der Waals surface area contributed by atoms with Gasteiger partial charge in [0.1, 0.15) is 17.0 Å². The molecule has 10 heteroatoms. The number of aromatic amines is 1. The number of H-pyrrole nitrogens is 1. The predicted molar refractivity (Wildman–Crippen MR) is 134 cm³/mol. The third kappa shape index (κ3) is 3.71. The fraction of sp³-hybridized carbons (Fsp3) is 0.200. The van der Waals surface area contributed by atoms with Gasteiger partial charge in [0.05, 0.1) is 17.1 Å². The first kappa shape index (κ1) is 21.6. The van der Waals surface area contributed by atoms with Crippen LogP contribution in [-0.2, 0) is 10.0 Å². The lowest BCUT2D eigenvalue weighted by Gasteiger charge is -2.19. The average Bonchev–Trinajstić information content (AvgIpc) is 3.49. The maximum atomic E-state index is 13.3. The number of pyridine rings is 1. The van der Waals surface area contributed by atoms with E-state index in [2.05, 4.69) is 46.9 Å². The van der Waals surface area contributed by atoms with Gasteiger partial charge in [-0.25, -0.2) is 23.1 Å². The highest BCUT2D eigenvalue weighted by Crippen LogP contribution is 2.42. The maximum Gasteiger partial charge on any atom is 0.243 e. The first-order chi connectivity index (χ1) is 17.0. The lowest BCUT2D eigenvalue weighted by atomic mass is 9.98. The molecule has 0 saturated carbocycles. The van der Waals surface area contributed by atoms with E-state index in [-0.39, 0.29) is 10.8 Å². The molecule has 0 spiro atoms. The van der Waals surface area contributed by atoms with Crippen molar-refractivity contribution in [1.29, 1.82) is 0 Å². The number of sulfonamides is 1. The lowest BCUT2D eigenvalue weighted by molar-refractivity contribution is 0.571. The second kappa shape index (κ2) is 8.40. The number of para-hydroxylation sites is 1. The molecule has 2 aromatic carbocycles. The molecule has 1 aliphatic heterocycles. The van der Waals surface area contributed by atoms with Crippen molar-refractivity contribution in [2.45, 2.75) is 24.2 Å². The summed E-state index contributed by atoms with van der Waals surface area (Å²) in [5.41, 5.74) is 4.09. The van der Waals surface area contributed by atoms with E-state index >= 15 is 0 Å². The molecule has 3 aromatic heterocycles. The second-order valence-electron chi connectivity index (χ2n) is 8.67. The fourth-order valence-corrected chi connectivity index (χ4v) is 6.36. The Morgan fingerprint density at radius 1 is 1.09 bits per heavy atom. The smallest absolute Gasteiger partial charge is 0.243 e. The van der Waals surface area contributed by atoms with Crippen LogP contribution in [0.4, 0.5) is 11.5 Å². The summed E-state index contributed by atoms with van der Waals surface area (Å²) in [6, 6.07) is 15.6. The Bertz CT molecular complexity index is 1670. The second-order valence-corrected chi connectivity index (χ2v) is 10.4. The van der Waals surface area contributed by atoms with Crippen molar-refractivity contribution < 1.29 is 8.42 Å². The quantitative estimate of drug-likeness (QED) is 0.376. The van der Waals surface area contributed by atoms with Crippen molar-refractivity contribution in [3.8, 4) is 0 Å². The number of benzene rings is 2. The molecule has 1 unspecified atom stereocenters. The highest BCUT2D eigenvalue weighted by molar-refractivity contribution is 7.89. The van der Waals surface area contributed by atoms with Gasteiger partial charge in [-0.15, -0.1) is 0 Å². The Morgan fingerprint density at radius 2 is 1.97 bits per heavy atom. The number of aromatic nitrogens is 5. The van der Waals surface area contributed by atoms with Crippen LogP contribution in [-0.4, -0.2) is 46.7 Å². The number of rotatable bonds is 6. The number of fused-ring (bicyclic) bond motifs is 3. The molecular weight excluding hydrogens is 462 g/mol. The molecular formula is C25H23N7O2S. The zero-order valence-corrected chi connectivity index (χ0v) is 19.8. The molecule has 2 N–H and O–H groups in total. The number of hydrogen-bond acceptors (Lipinski definition) is 7. The summed E-state index contributed by atoms with van der Waals surface area (Å²) in [5, 5.41) is 8.65. The molecule has 0 fully saturated rings. The Kier molecular flexibility index (Phi) is 5.19. The number of nitrogens with zero attached hydrogens (tertiary/aromatic N) is 5. The monoisotopic (exact) mass is 485 g/mol. The summed E-state index contributed by atoms with van der Waals surface area (Å²) in [6.07, 6.45) is 5.52. The van der Waals surface area contributed by atoms with Gasteiger partial charge in [0.15, 0.2) is 5.65 Å². The fourth-order valence-electron chi connectivity index (χ4n) is 4.91. The Hall–Kier alpha value is -3.89. The van der Waals surface area contributed by atoms with E-state index in [1.807, 2.05) is 30.3 Å². The summed E-state index contributed by atoms with van der Waals surface area (Å²) in [4.78, 5) is 15.5. The third-order valence-electron chi connectivity index (χ3n) is 6.53. The summed E-state index contributed by atoms with van der Waals surface area (Å²) < 4.78 is 29.4. The number of anilines is 2. The molecule has 0 amide bonds. The first-order valence-electron chi connectivity index (χ1n) is 11.4. The first-order valence-corrected chi connectivity index (χ1v) is 12.9. The van der Waals surface area contributed by atoms with Gasteiger partial charge < -0.3 is 4.90 Å². The minimum Gasteiger partial charge on any atom is -0.325 e. The highest BCUT2D eigenvalue weighted by atomic mass is 32.2. The van der Waals surface area contributed by atoms with Gasteiger partial charge in [0, 0.05) is 36.3 Å². The summed E-state index contributed by atoms with van der Waals surface area (Å²) in [7, 11) is -3.73. The molecule has 176 valence electrons. The number of nitrogens with one attached hydrogen (secondary N) is 2. The molecule has 1 atom stereocenters. The summed E-state index contributed by atoms with van der Waals surface area (Å²) >= 11 is 0. The molecule has 35 heavy (non-hydrogen) atoms. The van der Waals surface area contributed by atoms with Crippen molar-refractivity contribution >= 4 is 43.5 Å². The van der Waals surface area contributed by atoms with Crippen LogP contribution in [0.1, 0.15) is 23.5 Å². The molecule has 0 radical (unpaired) electrons. The topological polar surface area (TPSA) is 117 Å². The van der Waals surface area contributed by atoms with Gasteiger partial charge in [-0.05, 0) is 36.6 Å². The highest BCUT2D eigenvalue weighted by Gasteiger charge is 2.31. The minimum absolute atomic E-state index is 0.137. The normalized spacial score (nSPS) is 15.7. The van der Waals surface area contributed by atoms with Crippen LogP contribution in [0.15, 0.2) is 72.1 Å². The molecule has 0 aliphatic carbocycles. The molecule has 4 heterocycles. The number of aryl methyl sites for hydroxylation is 1. The van der Waals surface area contributed by atoms with Crippen LogP contribution in [0.25, 0.3) is 21.9 Å². The molecule has 9 nitrogen and oxygen atoms in total. The Morgan fingerprint density at radius 3 is 2.89 bits per heavy atom. The Labute approximate surface area is 202 Å². The third-order valence-corrected chi connectivity index (χ3v) is 8.17. The van der Waals surface area contributed by atoms with Gasteiger partial charge >= 0.3 is 0 Å². The van der Waals surface area contributed by atoms with E-state index < -0.39 is 10.0 Å². The van der Waals surface area contributed by atoms with Crippen LogP contribution in [0.5, 0.6) is 0 Å². The van der Waals surface area contributed by atoms with Gasteiger partial charge in [-0.2, -0.15) is 5.10 Å². The number of hydrogen-bond donors (Lipinski definition) is 2. The predicted octanol–water partition coefficient (Wildman–Crippen LogP) is 3.81. The van der Waals surface area contributed by atoms with Gasteiger partial charge in [0.25, 0.3) is 0 Å². The van der Waals surface area contributed by atoms with Crippen molar-refractivity contribution in [3.63, 3.8) is 0 Å². The van der Waals surface area contributed by atoms with E-state index in [1.54, 1.807) is 25.4 Å². The molecule has 0 saturated heterocycles. The van der Waals surface area contributed by atoms with E-state index in [4.69, 9.17) is 0 Å². The van der Waals surface area contributed by atoms with Gasteiger partial charge in [-0.3, -0.25) is 10.1 Å². The van der Waals surface area contributed by atoms with Gasteiger partial charge in [0.2, 0.25) is 10.0 Å². The van der Waals surface area contributed by atoms with Crippen LogP contribution in [0, 0.1) is 6.92 Å². The molecule has 1 aliphatic rings. The van der Waals surface area contributed by atoms with Crippen molar-refractivity contribution in [3.05, 3.63) is 78.4 Å². The largest absolute Gasteiger partial charge is 0.325 e. The molecule has 0 bridgehead atoms. The van der Waals surface area contributed by atoms with Crippen molar-refractivity contribution in [2.24, 2.45) is 0 Å². The van der Waals surface area contributed by atoms with Crippen LogP contribution in [0.2, 0.25) is 0 Å². The zero-order chi connectivity index (χ0) is 24.0. The standard InChI is InChI=1S/C25H23N7O2S/c1-16-8-9-17-5-4-11-26-22(17)23(16)35(33,34)30-12-10-18-14-32(21-7-3-2-6-19(18)21)25-20-13-29-31-24(20)27-15-28-25/h2-9,11,13,15,18,30H,10,12,14H2,1H3,(H,27,28,29,31). The average molecular weight is 486 g/mol. The summed E-state index contributed by atoms with van der Waals surface area (Å²) in [5.74, 6) is 0.925. The van der Waals surface area contributed by atoms with E-state index in [0.29, 0.717) is 36.2 Å². The SMILES string of the molecule is Cc1ccc2cccnc2c1S(=O)(=O)NCCC1CN(c2ncnc3[nH]ncc23)c2ccccc21. The summed E-state index contributed by atoms with van der Waals surface area (Å²) in [6.45, 7) is 2.79. The van der Waals surface area contributed by atoms with E-state index in [0.717, 1.165) is 22.3 Å². The van der Waals surface area contributed by atoms with Crippen LogP contribution >= 0.6 is 0 Å². The lowest BCUT2D eigenvalue weighted by Crippen LogP contribution is -2.27. The van der Waals surface area contributed by atoms with Crippen molar-refractivity contribution in [2.75, 3.05) is 18.0 Å². The molecule has 5 aromatic rings. The van der Waals surface area contributed by atoms with E-state index in [1.165, 1.54) is 11.9 Å². The van der Waals surface area contributed by atoms with Crippen LogP contribution < -0.4 is 9.62 Å². The van der Waals surface area contributed by atoms with E-state index in [9.17, 15) is 8.42 Å². The Balaban J connectivity index is 1.25. The van der Waals surface area contributed by atoms with Crippen LogP contribution in [0.3, 0.4) is 0 Å². The van der Waals surface area contributed by atoms with Crippen molar-refractivity contribution in [1.82, 2.24) is 29.9 Å². The minimum atomic E-state index is -3.73. The maximum absolute atomic E-state index is 13.3.